The van der Waals surface area contributed by atoms with Gasteiger partial charge in [-0.2, -0.15) is 0 Å². The molecule has 0 bridgehead atoms. The summed E-state index contributed by atoms with van der Waals surface area (Å²) >= 11 is 0. The molecule has 1 unspecified atom stereocenters. The minimum absolute atomic E-state index is 0.316. The van der Waals surface area contributed by atoms with Crippen LogP contribution in [0, 0.1) is 0 Å². The molecule has 0 spiro atoms. The Hall–Kier alpha value is -1.48. The van der Waals surface area contributed by atoms with Crippen molar-refractivity contribution in [3.63, 3.8) is 0 Å². The van der Waals surface area contributed by atoms with E-state index in [1.807, 2.05) is 31.2 Å². The number of hydrogen-bond acceptors (Lipinski definition) is 3. The van der Waals surface area contributed by atoms with Crippen molar-refractivity contribution in [3.8, 4) is 0 Å². The van der Waals surface area contributed by atoms with E-state index in [4.69, 9.17) is 0 Å². The largest absolute Gasteiger partial charge is 0.393 e. The number of fused-ring (bicyclic) bond motifs is 1. The van der Waals surface area contributed by atoms with Gasteiger partial charge in [-0.25, -0.2) is 9.97 Å². The van der Waals surface area contributed by atoms with Crippen LogP contribution in [0.15, 0.2) is 30.6 Å². The van der Waals surface area contributed by atoms with Crippen LogP contribution in [-0.4, -0.2) is 21.2 Å². The van der Waals surface area contributed by atoms with E-state index in [0.717, 1.165) is 23.0 Å². The molecule has 15 heavy (non-hydrogen) atoms. The topological polar surface area (TPSA) is 46.0 Å². The van der Waals surface area contributed by atoms with Crippen molar-refractivity contribution in [2.24, 2.45) is 0 Å². The highest BCUT2D eigenvalue weighted by molar-refractivity contribution is 5.80. The van der Waals surface area contributed by atoms with Crippen molar-refractivity contribution in [2.75, 3.05) is 0 Å². The van der Waals surface area contributed by atoms with Crippen LogP contribution < -0.4 is 0 Å². The lowest BCUT2D eigenvalue weighted by Crippen LogP contribution is -2.10. The van der Waals surface area contributed by atoms with Gasteiger partial charge in [-0.05, 0) is 12.5 Å². The van der Waals surface area contributed by atoms with Gasteiger partial charge in [0, 0.05) is 11.8 Å². The lowest BCUT2D eigenvalue weighted by atomic mass is 10.1. The number of aromatic nitrogens is 2. The molecule has 0 saturated carbocycles. The van der Waals surface area contributed by atoms with E-state index in [0.29, 0.717) is 6.42 Å². The number of rotatable bonds is 3. The molecule has 0 saturated heterocycles. The molecule has 0 radical (unpaired) electrons. The first-order valence-electron chi connectivity index (χ1n) is 5.18. The Kier molecular flexibility index (Phi) is 2.92. The van der Waals surface area contributed by atoms with Gasteiger partial charge < -0.3 is 5.11 Å². The van der Waals surface area contributed by atoms with Crippen molar-refractivity contribution in [1.82, 2.24) is 9.97 Å². The molecule has 0 amide bonds. The van der Waals surface area contributed by atoms with Crippen LogP contribution in [0.2, 0.25) is 0 Å². The highest BCUT2D eigenvalue weighted by Gasteiger charge is 2.07. The molecule has 1 atom stereocenters. The molecule has 1 aromatic carbocycles. The van der Waals surface area contributed by atoms with Crippen LogP contribution in [0.5, 0.6) is 0 Å². The summed E-state index contributed by atoms with van der Waals surface area (Å²) in [7, 11) is 0. The number of para-hydroxylation sites is 1. The zero-order valence-electron chi connectivity index (χ0n) is 8.72. The zero-order valence-corrected chi connectivity index (χ0v) is 8.72. The third kappa shape index (κ3) is 2.13. The molecule has 0 aliphatic rings. The van der Waals surface area contributed by atoms with Crippen LogP contribution in [-0.2, 0) is 6.42 Å². The van der Waals surface area contributed by atoms with Crippen molar-refractivity contribution in [1.29, 1.82) is 0 Å². The van der Waals surface area contributed by atoms with Gasteiger partial charge in [-0.3, -0.25) is 0 Å². The van der Waals surface area contributed by atoms with E-state index in [2.05, 4.69) is 9.97 Å². The van der Waals surface area contributed by atoms with E-state index in [-0.39, 0.29) is 6.10 Å². The SMILES string of the molecule is CCC(O)Cc1ncnc2ccccc12. The van der Waals surface area contributed by atoms with E-state index in [1.165, 1.54) is 0 Å². The minimum Gasteiger partial charge on any atom is -0.393 e. The van der Waals surface area contributed by atoms with Crippen LogP contribution in [0.1, 0.15) is 19.0 Å². The molecule has 1 N–H and O–H groups in total. The number of aliphatic hydroxyl groups is 1. The van der Waals surface area contributed by atoms with E-state index in [9.17, 15) is 5.11 Å². The van der Waals surface area contributed by atoms with Gasteiger partial charge in [0.15, 0.2) is 0 Å². The molecule has 0 fully saturated rings. The normalized spacial score (nSPS) is 12.9. The van der Waals surface area contributed by atoms with Gasteiger partial charge in [-0.1, -0.05) is 25.1 Å². The molecule has 0 aliphatic carbocycles. The first-order valence-corrected chi connectivity index (χ1v) is 5.18. The second-order valence-corrected chi connectivity index (χ2v) is 3.60. The van der Waals surface area contributed by atoms with Gasteiger partial charge in [-0.15, -0.1) is 0 Å². The minimum atomic E-state index is -0.316. The van der Waals surface area contributed by atoms with Gasteiger partial charge in [0.1, 0.15) is 6.33 Å². The highest BCUT2D eigenvalue weighted by Crippen LogP contribution is 2.15. The van der Waals surface area contributed by atoms with Gasteiger partial charge in [0.25, 0.3) is 0 Å². The maximum absolute atomic E-state index is 9.61. The van der Waals surface area contributed by atoms with Crippen LogP contribution >= 0.6 is 0 Å². The Labute approximate surface area is 88.8 Å². The lowest BCUT2D eigenvalue weighted by molar-refractivity contribution is 0.170. The molecular formula is C12H14N2O. The third-order valence-electron chi connectivity index (χ3n) is 2.53. The maximum atomic E-state index is 9.61. The van der Waals surface area contributed by atoms with Crippen molar-refractivity contribution >= 4 is 10.9 Å². The molecule has 2 aromatic rings. The Morgan fingerprint density at radius 3 is 2.87 bits per heavy atom. The predicted octanol–water partition coefficient (Wildman–Crippen LogP) is 1.94. The zero-order chi connectivity index (χ0) is 10.7. The fourth-order valence-electron chi connectivity index (χ4n) is 1.59. The molecule has 2 rings (SSSR count). The van der Waals surface area contributed by atoms with Gasteiger partial charge in [0.05, 0.1) is 17.3 Å². The summed E-state index contributed by atoms with van der Waals surface area (Å²) in [5, 5.41) is 10.6. The summed E-state index contributed by atoms with van der Waals surface area (Å²) in [5.41, 5.74) is 1.86. The summed E-state index contributed by atoms with van der Waals surface area (Å²) in [6, 6.07) is 7.87. The van der Waals surface area contributed by atoms with Gasteiger partial charge >= 0.3 is 0 Å². The maximum Gasteiger partial charge on any atom is 0.116 e. The van der Waals surface area contributed by atoms with E-state index >= 15 is 0 Å². The Morgan fingerprint density at radius 2 is 2.07 bits per heavy atom. The first-order chi connectivity index (χ1) is 7.31. The molecule has 0 aliphatic heterocycles. The second-order valence-electron chi connectivity index (χ2n) is 3.60. The molecule has 1 aromatic heterocycles. The summed E-state index contributed by atoms with van der Waals surface area (Å²) in [6.45, 7) is 1.97. The van der Waals surface area contributed by atoms with Crippen LogP contribution in [0.4, 0.5) is 0 Å². The highest BCUT2D eigenvalue weighted by atomic mass is 16.3. The van der Waals surface area contributed by atoms with Gasteiger partial charge in [0.2, 0.25) is 0 Å². The van der Waals surface area contributed by atoms with Crippen molar-refractivity contribution in [2.45, 2.75) is 25.9 Å². The summed E-state index contributed by atoms with van der Waals surface area (Å²) < 4.78 is 0. The van der Waals surface area contributed by atoms with Crippen molar-refractivity contribution in [3.05, 3.63) is 36.3 Å². The standard InChI is InChI=1S/C12H14N2O/c1-2-9(15)7-12-10-5-3-4-6-11(10)13-8-14-12/h3-6,8-9,15H,2,7H2,1H3. The van der Waals surface area contributed by atoms with E-state index in [1.54, 1.807) is 6.33 Å². The average Bonchev–Trinajstić information content (AvgIpc) is 2.29. The van der Waals surface area contributed by atoms with Crippen LogP contribution in [0.3, 0.4) is 0 Å². The third-order valence-corrected chi connectivity index (χ3v) is 2.53. The molecule has 3 nitrogen and oxygen atoms in total. The summed E-state index contributed by atoms with van der Waals surface area (Å²) in [5.74, 6) is 0. The van der Waals surface area contributed by atoms with E-state index < -0.39 is 0 Å². The predicted molar refractivity (Wildman–Crippen MR) is 59.5 cm³/mol. The monoisotopic (exact) mass is 202 g/mol. The Bertz CT molecular complexity index is 451. The Morgan fingerprint density at radius 1 is 1.27 bits per heavy atom. The number of nitrogens with zero attached hydrogens (tertiary/aromatic N) is 2. The molecule has 3 heteroatoms. The second kappa shape index (κ2) is 4.36. The quantitative estimate of drug-likeness (QED) is 0.827. The fraction of sp³-hybridized carbons (Fsp3) is 0.333. The summed E-state index contributed by atoms with van der Waals surface area (Å²) in [6.07, 6.45) is 2.58. The molecular weight excluding hydrogens is 188 g/mol. The lowest BCUT2D eigenvalue weighted by Gasteiger charge is -2.08. The Balaban J connectivity index is 2.42. The fourth-order valence-corrected chi connectivity index (χ4v) is 1.59. The average molecular weight is 202 g/mol. The number of benzene rings is 1. The summed E-state index contributed by atoms with van der Waals surface area (Å²) in [4.78, 5) is 8.41. The molecule has 78 valence electrons. The van der Waals surface area contributed by atoms with Crippen LogP contribution in [0.25, 0.3) is 10.9 Å². The first kappa shape index (κ1) is 10.1. The smallest absolute Gasteiger partial charge is 0.116 e. The van der Waals surface area contributed by atoms with Crippen molar-refractivity contribution < 1.29 is 5.11 Å². The number of hydrogen-bond donors (Lipinski definition) is 1. The number of aliphatic hydroxyl groups excluding tert-OH is 1. The molecule has 1 heterocycles.